The van der Waals surface area contributed by atoms with Crippen LogP contribution in [0.2, 0.25) is 0 Å². The van der Waals surface area contributed by atoms with Crippen molar-refractivity contribution in [2.24, 2.45) is 11.7 Å². The molecule has 0 aliphatic carbocycles. The van der Waals surface area contributed by atoms with E-state index in [1.165, 1.54) is 0 Å². The van der Waals surface area contributed by atoms with E-state index in [1.807, 2.05) is 18.7 Å². The van der Waals surface area contributed by atoms with Gasteiger partial charge < -0.3 is 15.7 Å². The number of carboxylic acid groups (broad SMARTS) is 1. The number of hydrogen-bond acceptors (Lipinski definition) is 3. The second kappa shape index (κ2) is 6.89. The fraction of sp³-hybridized carbons (Fsp3) is 0.857. The number of amides is 1. The van der Waals surface area contributed by atoms with Crippen molar-refractivity contribution in [3.63, 3.8) is 0 Å². The molecular formula is C14H26N2O3. The normalized spacial score (nSPS) is 17.5. The average molecular weight is 270 g/mol. The molecule has 5 nitrogen and oxygen atoms in total. The van der Waals surface area contributed by atoms with E-state index >= 15 is 0 Å². The van der Waals surface area contributed by atoms with Gasteiger partial charge in [-0.3, -0.25) is 9.59 Å². The molecule has 0 bridgehead atoms. The van der Waals surface area contributed by atoms with Gasteiger partial charge in [0, 0.05) is 19.5 Å². The van der Waals surface area contributed by atoms with Gasteiger partial charge >= 0.3 is 5.97 Å². The van der Waals surface area contributed by atoms with E-state index in [-0.39, 0.29) is 12.3 Å². The number of carbonyl (C=O) groups is 2. The van der Waals surface area contributed by atoms with E-state index in [2.05, 4.69) is 0 Å². The van der Waals surface area contributed by atoms with Crippen LogP contribution in [0.15, 0.2) is 0 Å². The summed E-state index contributed by atoms with van der Waals surface area (Å²) in [5.41, 5.74) is 5.41. The van der Waals surface area contributed by atoms with Crippen molar-refractivity contribution in [2.75, 3.05) is 13.1 Å². The van der Waals surface area contributed by atoms with Crippen LogP contribution in [-0.4, -0.2) is 40.5 Å². The molecular weight excluding hydrogens is 244 g/mol. The SMILES string of the molecule is CCC(N)(CC)C(=O)N1CCC(CCC(=O)O)CC1. The molecule has 1 amide bonds. The third-order valence-electron chi connectivity index (χ3n) is 4.36. The molecule has 1 aliphatic rings. The smallest absolute Gasteiger partial charge is 0.303 e. The molecule has 1 saturated heterocycles. The minimum Gasteiger partial charge on any atom is -0.481 e. The van der Waals surface area contributed by atoms with Gasteiger partial charge in [-0.15, -0.1) is 0 Å². The Hall–Kier alpha value is -1.10. The first-order chi connectivity index (χ1) is 8.92. The van der Waals surface area contributed by atoms with Gasteiger partial charge in [-0.1, -0.05) is 13.8 Å². The number of piperidine rings is 1. The molecule has 0 saturated carbocycles. The van der Waals surface area contributed by atoms with Gasteiger partial charge in [-0.2, -0.15) is 0 Å². The van der Waals surface area contributed by atoms with E-state index in [1.54, 1.807) is 0 Å². The fourth-order valence-electron chi connectivity index (χ4n) is 2.62. The monoisotopic (exact) mass is 270 g/mol. The van der Waals surface area contributed by atoms with Crippen molar-refractivity contribution in [3.05, 3.63) is 0 Å². The minimum atomic E-state index is -0.739. The number of aliphatic carboxylic acids is 1. The zero-order chi connectivity index (χ0) is 14.5. The summed E-state index contributed by atoms with van der Waals surface area (Å²) in [6.45, 7) is 5.31. The van der Waals surface area contributed by atoms with Gasteiger partial charge in [0.15, 0.2) is 0 Å². The number of likely N-dealkylation sites (tertiary alicyclic amines) is 1. The average Bonchev–Trinajstić information content (AvgIpc) is 2.44. The maximum Gasteiger partial charge on any atom is 0.303 e. The lowest BCUT2D eigenvalue weighted by Crippen LogP contribution is -2.56. The lowest BCUT2D eigenvalue weighted by atomic mass is 9.88. The summed E-state index contributed by atoms with van der Waals surface area (Å²) in [6.07, 6.45) is 4.03. The van der Waals surface area contributed by atoms with Crippen molar-refractivity contribution >= 4 is 11.9 Å². The van der Waals surface area contributed by atoms with Gasteiger partial charge in [0.2, 0.25) is 5.91 Å². The Morgan fingerprint density at radius 1 is 1.26 bits per heavy atom. The Kier molecular flexibility index (Phi) is 5.79. The van der Waals surface area contributed by atoms with Crippen LogP contribution in [0, 0.1) is 5.92 Å². The molecule has 1 fully saturated rings. The van der Waals surface area contributed by atoms with E-state index in [9.17, 15) is 9.59 Å². The van der Waals surface area contributed by atoms with E-state index in [0.717, 1.165) is 12.8 Å². The molecule has 0 atom stereocenters. The van der Waals surface area contributed by atoms with Gasteiger partial charge in [0.05, 0.1) is 5.54 Å². The summed E-state index contributed by atoms with van der Waals surface area (Å²) in [7, 11) is 0. The van der Waals surface area contributed by atoms with Crippen molar-refractivity contribution in [3.8, 4) is 0 Å². The van der Waals surface area contributed by atoms with Crippen LogP contribution in [0.5, 0.6) is 0 Å². The molecule has 0 unspecified atom stereocenters. The van der Waals surface area contributed by atoms with Crippen LogP contribution < -0.4 is 5.73 Å². The third-order valence-corrected chi connectivity index (χ3v) is 4.36. The molecule has 0 aromatic rings. The summed E-state index contributed by atoms with van der Waals surface area (Å²) >= 11 is 0. The Labute approximate surface area is 115 Å². The molecule has 0 spiro atoms. The van der Waals surface area contributed by atoms with Crippen molar-refractivity contribution < 1.29 is 14.7 Å². The number of hydrogen-bond donors (Lipinski definition) is 2. The van der Waals surface area contributed by atoms with Crippen LogP contribution in [-0.2, 0) is 9.59 Å². The summed E-state index contributed by atoms with van der Waals surface area (Å²) in [4.78, 5) is 24.8. The first-order valence-corrected chi connectivity index (χ1v) is 7.23. The Balaban J connectivity index is 2.45. The standard InChI is InChI=1S/C14H26N2O3/c1-3-14(15,4-2)13(19)16-9-7-11(8-10-16)5-6-12(17)18/h11H,3-10,15H2,1-2H3,(H,17,18). The largest absolute Gasteiger partial charge is 0.481 e. The highest BCUT2D eigenvalue weighted by Crippen LogP contribution is 2.24. The van der Waals surface area contributed by atoms with E-state index in [4.69, 9.17) is 10.8 Å². The highest BCUT2D eigenvalue weighted by atomic mass is 16.4. The van der Waals surface area contributed by atoms with E-state index in [0.29, 0.717) is 38.3 Å². The maximum atomic E-state index is 12.4. The maximum absolute atomic E-state index is 12.4. The predicted octanol–water partition coefficient (Wildman–Crippen LogP) is 1.61. The van der Waals surface area contributed by atoms with Crippen LogP contribution >= 0.6 is 0 Å². The molecule has 19 heavy (non-hydrogen) atoms. The molecule has 0 aromatic carbocycles. The molecule has 5 heteroatoms. The van der Waals surface area contributed by atoms with Crippen molar-refractivity contribution in [2.45, 2.75) is 57.9 Å². The minimum absolute atomic E-state index is 0.0502. The number of rotatable bonds is 6. The first-order valence-electron chi connectivity index (χ1n) is 7.23. The molecule has 1 rings (SSSR count). The summed E-state index contributed by atoms with van der Waals surface area (Å²) in [5, 5.41) is 8.67. The van der Waals surface area contributed by atoms with Gasteiger partial charge in [-0.05, 0) is 38.0 Å². The lowest BCUT2D eigenvalue weighted by molar-refractivity contribution is -0.140. The van der Waals surface area contributed by atoms with Gasteiger partial charge in [-0.25, -0.2) is 0 Å². The molecule has 3 N–H and O–H groups in total. The quantitative estimate of drug-likeness (QED) is 0.768. The van der Waals surface area contributed by atoms with Crippen LogP contribution in [0.3, 0.4) is 0 Å². The third kappa shape index (κ3) is 4.20. The van der Waals surface area contributed by atoms with Gasteiger partial charge in [0.1, 0.15) is 0 Å². The summed E-state index contributed by atoms with van der Waals surface area (Å²) in [6, 6.07) is 0. The Morgan fingerprint density at radius 3 is 2.21 bits per heavy atom. The molecule has 1 heterocycles. The lowest BCUT2D eigenvalue weighted by Gasteiger charge is -2.37. The first kappa shape index (κ1) is 16.0. The Bertz CT molecular complexity index is 319. The molecule has 1 aliphatic heterocycles. The van der Waals surface area contributed by atoms with Gasteiger partial charge in [0.25, 0.3) is 0 Å². The van der Waals surface area contributed by atoms with Crippen molar-refractivity contribution in [1.82, 2.24) is 4.90 Å². The fourth-order valence-corrected chi connectivity index (χ4v) is 2.62. The topological polar surface area (TPSA) is 83.6 Å². The van der Waals surface area contributed by atoms with E-state index < -0.39 is 11.5 Å². The predicted molar refractivity (Wildman–Crippen MR) is 73.7 cm³/mol. The molecule has 0 radical (unpaired) electrons. The van der Waals surface area contributed by atoms with Crippen LogP contribution in [0.25, 0.3) is 0 Å². The highest BCUT2D eigenvalue weighted by Gasteiger charge is 2.35. The number of nitrogens with two attached hydrogens (primary N) is 1. The Morgan fingerprint density at radius 2 is 1.79 bits per heavy atom. The molecule has 0 aromatic heterocycles. The number of nitrogens with zero attached hydrogens (tertiary/aromatic N) is 1. The number of carbonyl (C=O) groups excluding carboxylic acids is 1. The zero-order valence-corrected chi connectivity index (χ0v) is 12.0. The van der Waals surface area contributed by atoms with Crippen molar-refractivity contribution in [1.29, 1.82) is 0 Å². The number of carboxylic acids is 1. The second-order valence-corrected chi connectivity index (χ2v) is 5.53. The molecule has 110 valence electrons. The van der Waals surface area contributed by atoms with Crippen LogP contribution in [0.4, 0.5) is 0 Å². The zero-order valence-electron chi connectivity index (χ0n) is 12.0. The highest BCUT2D eigenvalue weighted by molar-refractivity contribution is 5.86. The van der Waals surface area contributed by atoms with Crippen LogP contribution in [0.1, 0.15) is 52.4 Å². The summed E-state index contributed by atoms with van der Waals surface area (Å²) < 4.78 is 0. The second-order valence-electron chi connectivity index (χ2n) is 5.53. The summed E-state index contributed by atoms with van der Waals surface area (Å²) in [5.74, 6) is -0.263.